The van der Waals surface area contributed by atoms with Gasteiger partial charge >= 0.3 is 5.97 Å². The van der Waals surface area contributed by atoms with Crippen LogP contribution in [0.15, 0.2) is 48.5 Å². The molecule has 0 saturated carbocycles. The number of carboxylic acids is 1. The van der Waals surface area contributed by atoms with Crippen molar-refractivity contribution in [3.63, 3.8) is 0 Å². The Kier molecular flexibility index (Phi) is 4.86. The number of hydrogen-bond donors (Lipinski definition) is 1. The van der Waals surface area contributed by atoms with Gasteiger partial charge < -0.3 is 9.84 Å². The van der Waals surface area contributed by atoms with Crippen LogP contribution in [0.3, 0.4) is 0 Å². The van der Waals surface area contributed by atoms with E-state index in [1.807, 2.05) is 12.1 Å². The van der Waals surface area contributed by atoms with E-state index in [2.05, 4.69) is 0 Å². The molecule has 0 aromatic heterocycles. The lowest BCUT2D eigenvalue weighted by atomic mass is 10.0. The van der Waals surface area contributed by atoms with Crippen molar-refractivity contribution < 1.29 is 14.6 Å². The van der Waals surface area contributed by atoms with Crippen molar-refractivity contribution in [3.8, 4) is 5.75 Å². The Morgan fingerprint density at radius 2 is 1.67 bits per heavy atom. The fraction of sp³-hybridized carbons (Fsp3) is 0.0556. The molecule has 3 nitrogen and oxygen atoms in total. The quantitative estimate of drug-likeness (QED) is 0.557. The molecule has 6 heteroatoms. The van der Waals surface area contributed by atoms with Crippen molar-refractivity contribution >= 4 is 51.5 Å². The average molecular weight is 382 g/mol. The third-order valence-electron chi connectivity index (χ3n) is 3.62. The highest BCUT2D eigenvalue weighted by Crippen LogP contribution is 2.34. The van der Waals surface area contributed by atoms with E-state index in [4.69, 9.17) is 39.5 Å². The molecule has 0 aliphatic heterocycles. The van der Waals surface area contributed by atoms with Crippen molar-refractivity contribution in [1.82, 2.24) is 0 Å². The van der Waals surface area contributed by atoms with Crippen molar-refractivity contribution in [3.05, 3.63) is 74.7 Å². The second kappa shape index (κ2) is 6.89. The van der Waals surface area contributed by atoms with Gasteiger partial charge in [-0.15, -0.1) is 0 Å². The number of rotatable bonds is 4. The zero-order chi connectivity index (χ0) is 17.3. The van der Waals surface area contributed by atoms with Crippen LogP contribution in [-0.4, -0.2) is 11.1 Å². The molecular weight excluding hydrogens is 371 g/mol. The van der Waals surface area contributed by atoms with Gasteiger partial charge in [0, 0.05) is 10.6 Å². The van der Waals surface area contributed by atoms with Gasteiger partial charge in [0.2, 0.25) is 0 Å². The number of hydrogen-bond acceptors (Lipinski definition) is 2. The lowest BCUT2D eigenvalue weighted by molar-refractivity contribution is 0.0694. The Morgan fingerprint density at radius 1 is 0.958 bits per heavy atom. The fourth-order valence-electron chi connectivity index (χ4n) is 2.44. The number of ether oxygens (including phenoxy) is 1. The van der Waals surface area contributed by atoms with Crippen LogP contribution in [0.1, 0.15) is 15.9 Å². The molecule has 0 spiro atoms. The summed E-state index contributed by atoms with van der Waals surface area (Å²) in [7, 11) is 0. The third kappa shape index (κ3) is 3.16. The number of benzene rings is 3. The van der Waals surface area contributed by atoms with E-state index < -0.39 is 5.97 Å². The smallest absolute Gasteiger partial charge is 0.340 e. The van der Waals surface area contributed by atoms with Gasteiger partial charge in [-0.3, -0.25) is 0 Å². The van der Waals surface area contributed by atoms with Gasteiger partial charge in [0.05, 0.1) is 10.0 Å². The molecule has 0 aliphatic carbocycles. The third-order valence-corrected chi connectivity index (χ3v) is 4.81. The highest BCUT2D eigenvalue weighted by atomic mass is 35.5. The molecule has 24 heavy (non-hydrogen) atoms. The van der Waals surface area contributed by atoms with Gasteiger partial charge in [0.25, 0.3) is 0 Å². The molecule has 0 amide bonds. The first-order chi connectivity index (χ1) is 11.5. The first kappa shape index (κ1) is 16.9. The summed E-state index contributed by atoms with van der Waals surface area (Å²) in [5.74, 6) is -0.821. The van der Waals surface area contributed by atoms with Crippen molar-refractivity contribution in [2.24, 2.45) is 0 Å². The van der Waals surface area contributed by atoms with E-state index in [9.17, 15) is 9.90 Å². The number of aromatic carboxylic acids is 1. The first-order valence-corrected chi connectivity index (χ1v) is 8.12. The standard InChI is InChI=1S/C18H11Cl3O3/c19-13-6-7-14(20)17(21)12(13)9-24-15-8-5-10-3-1-2-4-11(10)16(15)18(22)23/h1-8H,9H2,(H,22,23). The Balaban J connectivity index is 2.01. The number of halogens is 3. The van der Waals surface area contributed by atoms with Crippen LogP contribution in [0.5, 0.6) is 5.75 Å². The summed E-state index contributed by atoms with van der Waals surface area (Å²) in [6.07, 6.45) is 0. The SMILES string of the molecule is O=C(O)c1c(OCc2c(Cl)ccc(Cl)c2Cl)ccc2ccccc12. The maximum Gasteiger partial charge on any atom is 0.340 e. The Morgan fingerprint density at radius 3 is 2.42 bits per heavy atom. The summed E-state index contributed by atoms with van der Waals surface area (Å²) in [5, 5.41) is 12.0. The molecule has 0 bridgehead atoms. The molecule has 0 radical (unpaired) electrons. The second-order valence-corrected chi connectivity index (χ2v) is 6.27. The molecule has 0 unspecified atom stereocenters. The summed E-state index contributed by atoms with van der Waals surface area (Å²) in [4.78, 5) is 11.7. The fourth-order valence-corrected chi connectivity index (χ4v) is 3.10. The molecule has 0 heterocycles. The minimum atomic E-state index is -1.06. The molecule has 3 rings (SSSR count). The van der Waals surface area contributed by atoms with Crippen LogP contribution in [0.2, 0.25) is 15.1 Å². The largest absolute Gasteiger partial charge is 0.488 e. The molecule has 0 aliphatic rings. The summed E-state index contributed by atoms with van der Waals surface area (Å²) in [6.45, 7) is 0.0108. The van der Waals surface area contributed by atoms with Crippen LogP contribution < -0.4 is 4.74 Å². The molecule has 0 atom stereocenters. The van der Waals surface area contributed by atoms with Gasteiger partial charge in [0.15, 0.2) is 0 Å². The Hall–Kier alpha value is -1.94. The highest BCUT2D eigenvalue weighted by Gasteiger charge is 2.17. The molecule has 1 N–H and O–H groups in total. The van der Waals surface area contributed by atoms with Gasteiger partial charge in [-0.2, -0.15) is 0 Å². The van der Waals surface area contributed by atoms with Crippen molar-refractivity contribution in [2.45, 2.75) is 6.61 Å². The van der Waals surface area contributed by atoms with Crippen molar-refractivity contribution in [2.75, 3.05) is 0 Å². The predicted octanol–water partition coefficient (Wildman–Crippen LogP) is 6.08. The molecule has 3 aromatic carbocycles. The first-order valence-electron chi connectivity index (χ1n) is 6.99. The van der Waals surface area contributed by atoms with Crippen LogP contribution >= 0.6 is 34.8 Å². The maximum atomic E-state index is 11.7. The van der Waals surface area contributed by atoms with Crippen LogP contribution in [0.4, 0.5) is 0 Å². The molecule has 3 aromatic rings. The zero-order valence-corrected chi connectivity index (χ0v) is 14.5. The summed E-state index contributed by atoms with van der Waals surface area (Å²) in [6, 6.07) is 13.8. The molecule has 0 saturated heterocycles. The normalized spacial score (nSPS) is 10.8. The number of carboxylic acid groups (broad SMARTS) is 1. The average Bonchev–Trinajstić information content (AvgIpc) is 2.57. The van der Waals surface area contributed by atoms with Gasteiger partial charge in [-0.1, -0.05) is 65.1 Å². The monoisotopic (exact) mass is 380 g/mol. The number of carbonyl (C=O) groups is 1. The van der Waals surface area contributed by atoms with Crippen LogP contribution in [0.25, 0.3) is 10.8 Å². The second-order valence-electron chi connectivity index (χ2n) is 5.08. The van der Waals surface area contributed by atoms with E-state index >= 15 is 0 Å². The van der Waals surface area contributed by atoms with Crippen molar-refractivity contribution in [1.29, 1.82) is 0 Å². The van der Waals surface area contributed by atoms with E-state index in [1.54, 1.807) is 36.4 Å². The van der Waals surface area contributed by atoms with E-state index in [-0.39, 0.29) is 17.9 Å². The van der Waals surface area contributed by atoms with Gasteiger partial charge in [-0.05, 0) is 29.0 Å². The lowest BCUT2D eigenvalue weighted by Crippen LogP contribution is -2.05. The summed E-state index contributed by atoms with van der Waals surface area (Å²) < 4.78 is 5.70. The van der Waals surface area contributed by atoms with E-state index in [0.29, 0.717) is 26.0 Å². The van der Waals surface area contributed by atoms with Gasteiger partial charge in [-0.25, -0.2) is 4.79 Å². The Bertz CT molecular complexity index is 938. The van der Waals surface area contributed by atoms with Gasteiger partial charge in [0.1, 0.15) is 17.9 Å². The van der Waals surface area contributed by atoms with Crippen LogP contribution in [0, 0.1) is 0 Å². The maximum absolute atomic E-state index is 11.7. The Labute approximate surface area is 153 Å². The highest BCUT2D eigenvalue weighted by molar-refractivity contribution is 6.44. The summed E-state index contributed by atoms with van der Waals surface area (Å²) >= 11 is 18.3. The zero-order valence-electron chi connectivity index (χ0n) is 12.2. The molecular formula is C18H11Cl3O3. The van der Waals surface area contributed by atoms with Crippen LogP contribution in [-0.2, 0) is 6.61 Å². The lowest BCUT2D eigenvalue weighted by Gasteiger charge is -2.13. The van der Waals surface area contributed by atoms with E-state index in [0.717, 1.165) is 5.39 Å². The molecule has 122 valence electrons. The molecule has 0 fully saturated rings. The minimum Gasteiger partial charge on any atom is -0.488 e. The minimum absolute atomic E-state index is 0.0108. The topological polar surface area (TPSA) is 46.5 Å². The van der Waals surface area contributed by atoms with E-state index in [1.165, 1.54) is 0 Å². The number of fused-ring (bicyclic) bond motifs is 1. The predicted molar refractivity (Wildman–Crippen MR) is 96.7 cm³/mol. The summed E-state index contributed by atoms with van der Waals surface area (Å²) in [5.41, 5.74) is 0.609.